The number of aryl methyl sites for hydroxylation is 4. The van der Waals surface area contributed by atoms with Crippen molar-refractivity contribution in [2.45, 2.75) is 43.4 Å². The molecule has 7 aromatic rings. The first-order valence-electron chi connectivity index (χ1n) is 18.1. The summed E-state index contributed by atoms with van der Waals surface area (Å²) in [6, 6.07) is 25.4. The van der Waals surface area contributed by atoms with E-state index in [1.807, 2.05) is 12.1 Å². The summed E-state index contributed by atoms with van der Waals surface area (Å²) in [7, 11) is -7.83. The van der Waals surface area contributed by atoms with Crippen LogP contribution in [-0.2, 0) is 20.2 Å². The maximum Gasteiger partial charge on any atom is 0.379 e. The zero-order chi connectivity index (χ0) is 43.3. The van der Waals surface area contributed by atoms with E-state index in [0.717, 1.165) is 11.6 Å². The molecule has 0 heterocycles. The van der Waals surface area contributed by atoms with Crippen molar-refractivity contribution in [1.29, 1.82) is 10.8 Å². The van der Waals surface area contributed by atoms with Gasteiger partial charge in [0.25, 0.3) is 0 Å². The van der Waals surface area contributed by atoms with Gasteiger partial charge in [0.15, 0.2) is 21.5 Å². The minimum absolute atomic E-state index is 0.0115. The molecule has 1 atom stereocenters. The zero-order valence-corrected chi connectivity index (χ0v) is 34.3. The van der Waals surface area contributed by atoms with Crippen molar-refractivity contribution in [3.8, 4) is 34.5 Å². The second kappa shape index (κ2) is 15.4. The van der Waals surface area contributed by atoms with Gasteiger partial charge in [0.05, 0.1) is 13.2 Å². The molecule has 60 heavy (non-hydrogen) atoms. The number of benzene rings is 7. The van der Waals surface area contributed by atoms with Gasteiger partial charge in [-0.1, -0.05) is 66.7 Å². The van der Waals surface area contributed by atoms with Crippen LogP contribution in [0.3, 0.4) is 0 Å². The third-order valence-corrected chi connectivity index (χ3v) is 12.8. The van der Waals surface area contributed by atoms with Gasteiger partial charge in [0.1, 0.15) is 21.3 Å². The maximum atomic E-state index is 13.9. The van der Waals surface area contributed by atoms with E-state index in [1.165, 1.54) is 55.6 Å². The lowest BCUT2D eigenvalue weighted by atomic mass is 9.82. The molecular weight excluding hydrogens is 809 g/mol. The molecule has 0 bridgehead atoms. The minimum atomic E-state index is -4.60. The van der Waals surface area contributed by atoms with Gasteiger partial charge in [-0.2, -0.15) is 16.8 Å². The Kier molecular flexibility index (Phi) is 10.5. The average Bonchev–Trinajstić information content (AvgIpc) is 3.22. The van der Waals surface area contributed by atoms with Crippen LogP contribution >= 0.6 is 0 Å². The molecule has 0 saturated heterocycles. The lowest BCUT2D eigenvalue weighted by molar-refractivity contribution is -0.265. The molecule has 0 aromatic heterocycles. The van der Waals surface area contributed by atoms with Crippen LogP contribution in [0, 0.1) is 38.5 Å². The maximum absolute atomic E-state index is 13.9. The fourth-order valence-electron chi connectivity index (χ4n) is 7.43. The summed E-state index contributed by atoms with van der Waals surface area (Å²) in [5.74, 6) is -1.89. The summed E-state index contributed by atoms with van der Waals surface area (Å²) in [5.41, 5.74) is 3.32. The molecule has 16 heteroatoms. The van der Waals surface area contributed by atoms with Crippen LogP contribution in [0.5, 0.6) is 34.5 Å². The van der Waals surface area contributed by atoms with Gasteiger partial charge < -0.3 is 28.4 Å². The van der Waals surface area contributed by atoms with Gasteiger partial charge in [-0.25, -0.2) is 0 Å². The Balaban J connectivity index is 1.31. The molecular formula is C44H34N4O10S2. The van der Waals surface area contributed by atoms with Crippen molar-refractivity contribution < 1.29 is 45.3 Å². The molecule has 0 saturated carbocycles. The Morgan fingerprint density at radius 2 is 1.10 bits per heavy atom. The molecule has 0 aliphatic rings. The second-order valence-electron chi connectivity index (χ2n) is 14.1. The highest BCUT2D eigenvalue weighted by atomic mass is 32.2. The van der Waals surface area contributed by atoms with Crippen LogP contribution in [0.15, 0.2) is 113 Å². The molecule has 14 nitrogen and oxygen atoms in total. The molecule has 0 fully saturated rings. The van der Waals surface area contributed by atoms with E-state index in [-0.39, 0.29) is 60.0 Å². The minimum Gasteiger partial charge on any atom is -0.867 e. The van der Waals surface area contributed by atoms with E-state index >= 15 is 0 Å². The first-order valence-corrected chi connectivity index (χ1v) is 20.9. The average molecular weight is 843 g/mol. The zero-order valence-electron chi connectivity index (χ0n) is 32.6. The molecule has 0 aliphatic carbocycles. The van der Waals surface area contributed by atoms with E-state index in [2.05, 4.69) is 9.95 Å². The molecule has 0 radical (unpaired) electrons. The smallest absolute Gasteiger partial charge is 0.379 e. The summed E-state index contributed by atoms with van der Waals surface area (Å²) in [6.45, 7) is 6.85. The second-order valence-corrected chi connectivity index (χ2v) is 17.2. The quantitative estimate of drug-likeness (QED) is 0.0776. The highest BCUT2D eigenvalue weighted by Gasteiger charge is 2.29. The van der Waals surface area contributed by atoms with Crippen LogP contribution in [0.4, 0.5) is 11.4 Å². The fourth-order valence-corrected chi connectivity index (χ4v) is 9.87. The summed E-state index contributed by atoms with van der Waals surface area (Å²) in [5, 5.41) is 55.1. The number of rotatable bonds is 10. The lowest BCUT2D eigenvalue weighted by Crippen LogP contribution is -2.13. The van der Waals surface area contributed by atoms with Crippen LogP contribution in [0.1, 0.15) is 44.9 Å². The Hall–Kier alpha value is -7.40. The predicted octanol–water partition coefficient (Wildman–Crippen LogP) is 8.77. The Labute approximate surface area is 345 Å². The number of nitrogens with zero attached hydrogens (tertiary/aromatic N) is 4. The number of methoxy groups -OCH3 is 1. The van der Waals surface area contributed by atoms with E-state index in [4.69, 9.17) is 13.1 Å². The van der Waals surface area contributed by atoms with Crippen LogP contribution in [0.25, 0.3) is 31.5 Å². The number of aromatic hydroxyl groups is 1. The monoisotopic (exact) mass is 842 g/mol. The van der Waals surface area contributed by atoms with Gasteiger partial charge in [0, 0.05) is 22.8 Å². The van der Waals surface area contributed by atoms with Crippen LogP contribution < -0.4 is 23.3 Å². The molecule has 302 valence electrons. The predicted molar refractivity (Wildman–Crippen MR) is 219 cm³/mol. The third-order valence-electron chi connectivity index (χ3n) is 10.2. The molecule has 0 aliphatic heterocycles. The molecule has 7 aromatic carbocycles. The lowest BCUT2D eigenvalue weighted by Gasteiger charge is -2.24. The Bertz CT molecular complexity index is 3200. The summed E-state index contributed by atoms with van der Waals surface area (Å²) in [4.78, 5) is 5.31. The topological polar surface area (TPSA) is 219 Å². The van der Waals surface area contributed by atoms with Crippen molar-refractivity contribution in [2.24, 2.45) is 0 Å². The first kappa shape index (κ1) is 40.8. The number of phenols is 1. The normalized spacial score (nSPS) is 12.1. The largest absolute Gasteiger partial charge is 0.867 e. The summed E-state index contributed by atoms with van der Waals surface area (Å²) in [6.07, 6.45) is 0. The fraction of sp³-hybridized carbons (Fsp3) is 0.136. The van der Waals surface area contributed by atoms with E-state index in [0.29, 0.717) is 33.4 Å². The molecule has 1 N–H and O–H groups in total. The number of diazo groups is 2. The van der Waals surface area contributed by atoms with Gasteiger partial charge in [-0.05, 0) is 113 Å². The van der Waals surface area contributed by atoms with E-state index < -0.39 is 43.3 Å². The molecule has 0 amide bonds. The van der Waals surface area contributed by atoms with Crippen LogP contribution in [0.2, 0.25) is 0 Å². The highest BCUT2D eigenvalue weighted by Crippen LogP contribution is 2.44. The SMILES string of the molecule is COc1cc(C(c2cc(C)c(O)c(C)c2)c2cc(C)c(OS(=O)(=O)c3cc([N+]#N)c([O-])c4ccccc34)c(C)c2)ccc1OS(=O)(=O)c1cccc2c([O-])c([N+]#N)ccc12. The van der Waals surface area contributed by atoms with Crippen molar-refractivity contribution in [3.05, 3.63) is 152 Å². The van der Waals surface area contributed by atoms with E-state index in [1.54, 1.807) is 64.1 Å². The number of hydrogen-bond acceptors (Lipinski definition) is 12. The van der Waals surface area contributed by atoms with E-state index in [9.17, 15) is 42.9 Å². The van der Waals surface area contributed by atoms with Gasteiger partial charge >= 0.3 is 31.6 Å². The summed E-state index contributed by atoms with van der Waals surface area (Å²) >= 11 is 0. The standard InChI is InChI=1S/C44H34N4O10S2/c1-23-17-28(18-24(2)41(23)49)40(27-13-16-36(37(21-27)56-5)57-59(52,53)38-12-8-11-33-31(38)14-15-34(47-45)42(33)50)29-19-25(3)44(26(4)20-29)58-60(54,55)39-22-35(48-46)43(51)32-10-7-6-9-30(32)39/h6-22,40H,1-5H3,(H-2,49,50,51). The molecule has 1 unspecified atom stereocenters. The van der Waals surface area contributed by atoms with Gasteiger partial charge in [-0.3, -0.25) is 0 Å². The number of phenolic OH excluding ortho intramolecular Hbond substituents is 1. The Morgan fingerprint density at radius 1 is 0.567 bits per heavy atom. The highest BCUT2D eigenvalue weighted by molar-refractivity contribution is 7.87. The van der Waals surface area contributed by atoms with Crippen molar-refractivity contribution in [2.75, 3.05) is 7.11 Å². The molecule has 7 rings (SSSR count). The van der Waals surface area contributed by atoms with Gasteiger partial charge in [-0.15, -0.1) is 0 Å². The molecule has 0 spiro atoms. The first-order chi connectivity index (χ1) is 28.5. The number of ether oxygens (including phenoxy) is 1. The Morgan fingerprint density at radius 3 is 1.70 bits per heavy atom. The van der Waals surface area contributed by atoms with Crippen molar-refractivity contribution >= 4 is 53.2 Å². The number of fused-ring (bicyclic) bond motifs is 2. The van der Waals surface area contributed by atoms with Crippen molar-refractivity contribution in [3.63, 3.8) is 0 Å². The summed E-state index contributed by atoms with van der Waals surface area (Å²) < 4.78 is 72.4. The van der Waals surface area contributed by atoms with Crippen molar-refractivity contribution in [1.82, 2.24) is 0 Å². The third kappa shape index (κ3) is 7.19. The number of hydrogen-bond donors (Lipinski definition) is 1. The van der Waals surface area contributed by atoms with Gasteiger partial charge in [0.2, 0.25) is 10.8 Å². The van der Waals surface area contributed by atoms with Crippen LogP contribution in [-0.4, -0.2) is 29.1 Å².